The van der Waals surface area contributed by atoms with Crippen LogP contribution in [0.3, 0.4) is 0 Å². The van der Waals surface area contributed by atoms with Crippen molar-refractivity contribution in [2.75, 3.05) is 24.3 Å². The fraction of sp³-hybridized carbons (Fsp3) is 0.290. The summed E-state index contributed by atoms with van der Waals surface area (Å²) in [5.41, 5.74) is 10.3. The molecule has 0 spiro atoms. The van der Waals surface area contributed by atoms with E-state index in [0.29, 0.717) is 60.0 Å². The summed E-state index contributed by atoms with van der Waals surface area (Å²) in [6.45, 7) is 0.920. The summed E-state index contributed by atoms with van der Waals surface area (Å²) in [6, 6.07) is 12.3. The van der Waals surface area contributed by atoms with Crippen LogP contribution in [-0.2, 0) is 9.53 Å². The minimum Gasteiger partial charge on any atom is -0.382 e. The predicted octanol–water partition coefficient (Wildman–Crippen LogP) is 4.07. The largest absolute Gasteiger partial charge is 0.382 e. The molecule has 1 aliphatic carbocycles. The zero-order chi connectivity index (χ0) is 29.1. The molecule has 3 aromatic heterocycles. The van der Waals surface area contributed by atoms with E-state index in [-0.39, 0.29) is 23.8 Å². The van der Waals surface area contributed by atoms with Gasteiger partial charge in [-0.05, 0) is 56.0 Å². The monoisotopic (exact) mass is 562 g/mol. The molecule has 11 heteroatoms. The average molecular weight is 563 g/mol. The first kappa shape index (κ1) is 27.1. The second-order valence-corrected chi connectivity index (χ2v) is 10.5. The summed E-state index contributed by atoms with van der Waals surface area (Å²) in [4.78, 5) is 39.1. The van der Waals surface area contributed by atoms with Gasteiger partial charge in [0.2, 0.25) is 5.91 Å². The number of anilines is 2. The van der Waals surface area contributed by atoms with Crippen LogP contribution in [0.4, 0.5) is 11.6 Å². The van der Waals surface area contributed by atoms with Gasteiger partial charge >= 0.3 is 0 Å². The van der Waals surface area contributed by atoms with Crippen LogP contribution in [-0.4, -0.2) is 50.4 Å². The second-order valence-electron chi connectivity index (χ2n) is 10.5. The Kier molecular flexibility index (Phi) is 7.62. The quantitative estimate of drug-likeness (QED) is 0.337. The summed E-state index contributed by atoms with van der Waals surface area (Å²) in [5, 5.41) is 15.0. The van der Waals surface area contributed by atoms with Gasteiger partial charge in [0.05, 0.1) is 36.7 Å². The highest BCUT2D eigenvalue weighted by atomic mass is 16.5. The van der Waals surface area contributed by atoms with Crippen molar-refractivity contribution in [3.8, 4) is 17.3 Å². The number of fused-ring (bicyclic) bond motifs is 3. The van der Waals surface area contributed by atoms with E-state index in [4.69, 9.17) is 20.7 Å². The van der Waals surface area contributed by atoms with Crippen LogP contribution in [0.1, 0.15) is 65.5 Å². The van der Waals surface area contributed by atoms with Gasteiger partial charge in [0.1, 0.15) is 28.7 Å². The summed E-state index contributed by atoms with van der Waals surface area (Å²) >= 11 is 0. The zero-order valence-electron chi connectivity index (χ0n) is 22.9. The van der Waals surface area contributed by atoms with Crippen LogP contribution < -0.4 is 16.4 Å². The number of nitrogens with one attached hydrogen (secondary N) is 2. The van der Waals surface area contributed by atoms with Crippen molar-refractivity contribution in [3.05, 3.63) is 77.5 Å². The third-order valence-corrected chi connectivity index (χ3v) is 7.65. The van der Waals surface area contributed by atoms with Crippen molar-refractivity contribution in [2.24, 2.45) is 0 Å². The Bertz CT molecular complexity index is 1720. The highest BCUT2D eigenvalue weighted by molar-refractivity contribution is 6.04. The highest BCUT2D eigenvalue weighted by Gasteiger charge is 2.32. The maximum Gasteiger partial charge on any atom is 0.256 e. The average Bonchev–Trinajstić information content (AvgIpc) is 3.63. The fourth-order valence-electron chi connectivity index (χ4n) is 5.59. The lowest BCUT2D eigenvalue weighted by atomic mass is 10.1. The van der Waals surface area contributed by atoms with E-state index in [1.54, 1.807) is 24.4 Å². The number of rotatable bonds is 3. The maximum absolute atomic E-state index is 12.9. The van der Waals surface area contributed by atoms with Crippen LogP contribution >= 0.6 is 0 Å². The number of hydrogen-bond donors (Lipinski definition) is 3. The van der Waals surface area contributed by atoms with Gasteiger partial charge in [0.15, 0.2) is 0 Å². The van der Waals surface area contributed by atoms with E-state index >= 15 is 0 Å². The van der Waals surface area contributed by atoms with Crippen LogP contribution in [0.5, 0.6) is 0 Å². The van der Waals surface area contributed by atoms with Crippen LogP contribution in [0.2, 0.25) is 0 Å². The van der Waals surface area contributed by atoms with Crippen molar-refractivity contribution in [3.63, 3.8) is 0 Å². The molecular weight excluding hydrogens is 532 g/mol. The summed E-state index contributed by atoms with van der Waals surface area (Å²) in [7, 11) is 0. The Hall–Kier alpha value is -5.08. The van der Waals surface area contributed by atoms with Gasteiger partial charge in [-0.15, -0.1) is 0 Å². The molecule has 42 heavy (non-hydrogen) atoms. The number of ether oxygens (including phenoxy) is 1. The van der Waals surface area contributed by atoms with E-state index in [9.17, 15) is 9.59 Å². The Labute approximate surface area is 242 Å². The molecule has 1 saturated carbocycles. The number of carbonyl (C=O) groups is 2. The topological polar surface area (TPSA) is 160 Å². The molecule has 0 saturated heterocycles. The number of nitriles is 1. The number of carbonyl (C=O) groups excluding carboxylic acids is 2. The summed E-state index contributed by atoms with van der Waals surface area (Å²) < 4.78 is 7.72. The lowest BCUT2D eigenvalue weighted by Crippen LogP contribution is -2.33. The van der Waals surface area contributed by atoms with E-state index in [2.05, 4.69) is 25.0 Å². The van der Waals surface area contributed by atoms with Crippen molar-refractivity contribution in [1.82, 2.24) is 24.7 Å². The number of pyridine rings is 1. The molecule has 1 aliphatic heterocycles. The molecule has 6 rings (SSSR count). The molecule has 1 fully saturated rings. The molecule has 0 unspecified atom stereocenters. The number of benzene rings is 1. The number of amides is 2. The van der Waals surface area contributed by atoms with Crippen molar-refractivity contribution in [1.29, 1.82) is 5.26 Å². The summed E-state index contributed by atoms with van der Waals surface area (Å²) in [6.07, 6.45) is 10.8. The first-order chi connectivity index (χ1) is 20.5. The molecule has 4 N–H and O–H groups in total. The van der Waals surface area contributed by atoms with E-state index < -0.39 is 0 Å². The van der Waals surface area contributed by atoms with Crippen LogP contribution in [0.15, 0.2) is 54.9 Å². The number of aromatic nitrogens is 4. The number of hydrogen-bond acceptors (Lipinski definition) is 8. The fourth-order valence-corrected chi connectivity index (χ4v) is 5.59. The van der Waals surface area contributed by atoms with Crippen LogP contribution in [0.25, 0.3) is 22.9 Å². The molecule has 4 heterocycles. The van der Waals surface area contributed by atoms with Gasteiger partial charge in [0.25, 0.3) is 5.91 Å². The normalized spacial score (nSPS) is 19.7. The molecule has 11 nitrogen and oxygen atoms in total. The minimum absolute atomic E-state index is 0.00605. The summed E-state index contributed by atoms with van der Waals surface area (Å²) in [5.74, 6) is 1.32. The number of imidazole rings is 1. The van der Waals surface area contributed by atoms with Gasteiger partial charge < -0.3 is 21.1 Å². The number of nitrogen functional groups attached to an aromatic ring is 1. The molecule has 1 aromatic carbocycles. The van der Waals surface area contributed by atoms with E-state index in [1.165, 1.54) is 12.3 Å². The number of nitrogens with zero attached hydrogens (tertiary/aromatic N) is 5. The lowest BCUT2D eigenvalue weighted by molar-refractivity contribution is -0.122. The maximum atomic E-state index is 12.9. The third kappa shape index (κ3) is 5.57. The molecule has 4 aromatic rings. The van der Waals surface area contributed by atoms with Gasteiger partial charge in [-0.25, -0.2) is 15.0 Å². The first-order valence-electron chi connectivity index (χ1n) is 14.0. The zero-order valence-corrected chi connectivity index (χ0v) is 22.9. The van der Waals surface area contributed by atoms with Gasteiger partial charge in [-0.1, -0.05) is 18.2 Å². The van der Waals surface area contributed by atoms with Crippen molar-refractivity contribution < 1.29 is 14.3 Å². The Morgan fingerprint density at radius 3 is 2.86 bits per heavy atom. The Morgan fingerprint density at radius 1 is 1.17 bits per heavy atom. The van der Waals surface area contributed by atoms with E-state index in [1.807, 2.05) is 30.4 Å². The standard InChI is InChI=1S/C31H30N8O3/c32-17-19-10-12-34-25(15-19)37-31(41)21-6-4-20(5-7-21)27-28-29(33)35-18-24-3-1-2-13-42-14-11-26(40)36-23-9-8-22(16-23)30(38-27)39(24)28/h1,3-7,10,12,15,18,22-23H,2,8-9,11,13-14,16H2,(H2,33,35)(H,36,40)(H,34,37,41)/b3-1+/t22-,23-/m1/s1. The SMILES string of the molecule is N#Cc1ccnc(NC(=O)c2ccc(-c3nc4n5c(cnc(N)c35)/C=C/CCOCCC(=O)N[C@@H]3CC[C@@H]4C3)cc2)c1. The molecule has 0 radical (unpaired) electrons. The van der Waals surface area contributed by atoms with Crippen LogP contribution in [0, 0.1) is 11.3 Å². The van der Waals surface area contributed by atoms with Crippen molar-refractivity contribution >= 4 is 35.0 Å². The predicted molar refractivity (Wildman–Crippen MR) is 157 cm³/mol. The number of nitrogens with two attached hydrogens (primary N) is 1. The second kappa shape index (κ2) is 11.8. The van der Waals surface area contributed by atoms with Gasteiger partial charge in [0, 0.05) is 35.7 Å². The van der Waals surface area contributed by atoms with Gasteiger partial charge in [-0.3, -0.25) is 14.0 Å². The minimum atomic E-state index is -0.343. The molecule has 212 valence electrons. The molecule has 2 bridgehead atoms. The van der Waals surface area contributed by atoms with Crippen molar-refractivity contribution in [2.45, 2.75) is 44.1 Å². The Balaban J connectivity index is 1.36. The molecule has 2 atom stereocenters. The molecule has 2 aliphatic rings. The third-order valence-electron chi connectivity index (χ3n) is 7.65. The first-order valence-corrected chi connectivity index (χ1v) is 14.0. The highest BCUT2D eigenvalue weighted by Crippen LogP contribution is 2.39. The molecule has 2 amide bonds. The Morgan fingerprint density at radius 2 is 2.02 bits per heavy atom. The molecular formula is C31H30N8O3. The van der Waals surface area contributed by atoms with Gasteiger partial charge in [-0.2, -0.15) is 5.26 Å². The smallest absolute Gasteiger partial charge is 0.256 e. The lowest BCUT2D eigenvalue weighted by Gasteiger charge is -2.14. The van der Waals surface area contributed by atoms with E-state index in [0.717, 1.165) is 36.3 Å².